The largest absolute Gasteiger partial charge is 0.449 e. The normalized spacial score (nSPS) is 12.5. The lowest BCUT2D eigenvalue weighted by Crippen LogP contribution is -2.38. The first-order chi connectivity index (χ1) is 13.9. The van der Waals surface area contributed by atoms with Gasteiger partial charge in [-0.1, -0.05) is 43.7 Å². The van der Waals surface area contributed by atoms with Crippen molar-refractivity contribution >= 4 is 23.3 Å². The van der Waals surface area contributed by atoms with Crippen LogP contribution in [0.3, 0.4) is 0 Å². The summed E-state index contributed by atoms with van der Waals surface area (Å²) in [7, 11) is 1.59. The van der Waals surface area contributed by atoms with E-state index in [2.05, 4.69) is 10.6 Å². The zero-order valence-electron chi connectivity index (χ0n) is 16.7. The van der Waals surface area contributed by atoms with Crippen LogP contribution in [0.25, 0.3) is 0 Å². The number of nitrogens with one attached hydrogen (secondary N) is 2. The molecule has 0 heterocycles. The molecule has 0 aliphatic rings. The molecule has 0 fully saturated rings. The van der Waals surface area contributed by atoms with Crippen molar-refractivity contribution in [2.75, 3.05) is 12.4 Å². The van der Waals surface area contributed by atoms with Crippen molar-refractivity contribution in [1.82, 2.24) is 5.32 Å². The molecule has 0 aromatic heterocycles. The predicted molar refractivity (Wildman–Crippen MR) is 110 cm³/mol. The summed E-state index contributed by atoms with van der Waals surface area (Å²) in [6, 6.07) is 13.2. The van der Waals surface area contributed by atoms with Gasteiger partial charge in [-0.3, -0.25) is 14.9 Å². The standard InChI is InChI=1S/C21H25N3O5/c1-4-8-18(15-9-6-5-7-10-15)23-20(25)14(2)29-21(26)17-13-16(24(27)28)11-12-19(17)22-3/h5-7,9-14,18,22H,4,8H2,1-3H3,(H,23,25)/t14-,18+/m0/s1. The Balaban J connectivity index is 2.11. The van der Waals surface area contributed by atoms with Crippen molar-refractivity contribution in [3.63, 3.8) is 0 Å². The number of nitro groups is 1. The van der Waals surface area contributed by atoms with Crippen molar-refractivity contribution < 1.29 is 19.2 Å². The van der Waals surface area contributed by atoms with Gasteiger partial charge in [0.25, 0.3) is 11.6 Å². The smallest absolute Gasteiger partial charge is 0.341 e. The van der Waals surface area contributed by atoms with E-state index in [-0.39, 0.29) is 17.3 Å². The maximum atomic E-state index is 12.6. The molecule has 2 N–H and O–H groups in total. The lowest BCUT2D eigenvalue weighted by molar-refractivity contribution is -0.384. The van der Waals surface area contributed by atoms with E-state index < -0.39 is 22.9 Å². The van der Waals surface area contributed by atoms with E-state index in [1.165, 1.54) is 19.1 Å². The fourth-order valence-corrected chi connectivity index (χ4v) is 2.90. The van der Waals surface area contributed by atoms with Gasteiger partial charge in [-0.25, -0.2) is 4.79 Å². The van der Waals surface area contributed by atoms with Crippen LogP contribution in [0.1, 0.15) is 48.7 Å². The highest BCUT2D eigenvalue weighted by atomic mass is 16.6. The van der Waals surface area contributed by atoms with Crippen molar-refractivity contribution in [2.24, 2.45) is 0 Å². The zero-order chi connectivity index (χ0) is 21.4. The molecule has 0 unspecified atom stereocenters. The van der Waals surface area contributed by atoms with Crippen molar-refractivity contribution in [3.8, 4) is 0 Å². The summed E-state index contributed by atoms with van der Waals surface area (Å²) in [5.41, 5.74) is 1.10. The summed E-state index contributed by atoms with van der Waals surface area (Å²) in [5, 5.41) is 16.7. The number of esters is 1. The SMILES string of the molecule is CCC[C@@H](NC(=O)[C@H](C)OC(=O)c1cc([N+](=O)[O-])ccc1NC)c1ccccc1. The number of amides is 1. The number of carbonyl (C=O) groups is 2. The van der Waals surface area contributed by atoms with Gasteiger partial charge in [0.2, 0.25) is 0 Å². The Kier molecular flexibility index (Phi) is 7.70. The molecule has 0 radical (unpaired) electrons. The average Bonchev–Trinajstić information content (AvgIpc) is 2.73. The lowest BCUT2D eigenvalue weighted by Gasteiger charge is -2.21. The monoisotopic (exact) mass is 399 g/mol. The third kappa shape index (κ3) is 5.78. The van der Waals surface area contributed by atoms with E-state index in [4.69, 9.17) is 4.74 Å². The van der Waals surface area contributed by atoms with Crippen LogP contribution in [0.2, 0.25) is 0 Å². The van der Waals surface area contributed by atoms with Crippen LogP contribution < -0.4 is 10.6 Å². The van der Waals surface area contributed by atoms with Gasteiger partial charge in [0, 0.05) is 24.9 Å². The number of carbonyl (C=O) groups excluding carboxylic acids is 2. The Bertz CT molecular complexity index is 870. The quantitative estimate of drug-likeness (QED) is 0.377. The molecule has 2 atom stereocenters. The third-order valence-electron chi connectivity index (χ3n) is 4.45. The summed E-state index contributed by atoms with van der Waals surface area (Å²) in [4.78, 5) is 35.5. The molecule has 8 nitrogen and oxygen atoms in total. The fourth-order valence-electron chi connectivity index (χ4n) is 2.90. The highest BCUT2D eigenvalue weighted by Crippen LogP contribution is 2.23. The molecule has 0 saturated heterocycles. The first-order valence-corrected chi connectivity index (χ1v) is 9.39. The first-order valence-electron chi connectivity index (χ1n) is 9.39. The molecule has 154 valence electrons. The summed E-state index contributed by atoms with van der Waals surface area (Å²) >= 11 is 0. The number of ether oxygens (including phenoxy) is 1. The molecule has 0 aliphatic heterocycles. The van der Waals surface area contributed by atoms with E-state index >= 15 is 0 Å². The van der Waals surface area contributed by atoms with Crippen LogP contribution in [0.5, 0.6) is 0 Å². The van der Waals surface area contributed by atoms with Crippen LogP contribution in [0.4, 0.5) is 11.4 Å². The Labute approximate surface area is 169 Å². The van der Waals surface area contributed by atoms with Crippen LogP contribution in [0, 0.1) is 10.1 Å². The predicted octanol–water partition coefficient (Wildman–Crippen LogP) is 3.84. The van der Waals surface area contributed by atoms with Gasteiger partial charge in [0.05, 0.1) is 16.5 Å². The maximum absolute atomic E-state index is 12.6. The molecule has 0 saturated carbocycles. The summed E-state index contributed by atoms with van der Waals surface area (Å²) in [6.07, 6.45) is 0.549. The summed E-state index contributed by atoms with van der Waals surface area (Å²) < 4.78 is 5.28. The van der Waals surface area contributed by atoms with Gasteiger partial charge in [0.1, 0.15) is 0 Å². The Morgan fingerprint density at radius 3 is 2.45 bits per heavy atom. The fraction of sp³-hybridized carbons (Fsp3) is 0.333. The molecule has 0 bridgehead atoms. The van der Waals surface area contributed by atoms with E-state index in [9.17, 15) is 19.7 Å². The van der Waals surface area contributed by atoms with Gasteiger partial charge < -0.3 is 15.4 Å². The number of hydrogen-bond acceptors (Lipinski definition) is 6. The van der Waals surface area contributed by atoms with Crippen LogP contribution in [-0.4, -0.2) is 30.0 Å². The summed E-state index contributed by atoms with van der Waals surface area (Å²) in [6.45, 7) is 3.49. The van der Waals surface area contributed by atoms with Crippen LogP contribution in [-0.2, 0) is 9.53 Å². The van der Waals surface area contributed by atoms with Crippen LogP contribution in [0.15, 0.2) is 48.5 Å². The Morgan fingerprint density at radius 2 is 1.86 bits per heavy atom. The minimum absolute atomic E-state index is 0.00508. The number of nitro benzene ring substituents is 1. The van der Waals surface area contributed by atoms with Gasteiger partial charge in [0.15, 0.2) is 6.10 Å². The topological polar surface area (TPSA) is 111 Å². The molecule has 29 heavy (non-hydrogen) atoms. The van der Waals surface area contributed by atoms with Gasteiger partial charge in [-0.15, -0.1) is 0 Å². The second-order valence-corrected chi connectivity index (χ2v) is 6.55. The molecule has 1 amide bonds. The highest BCUT2D eigenvalue weighted by molar-refractivity contribution is 5.98. The summed E-state index contributed by atoms with van der Waals surface area (Å²) in [5.74, 6) is -1.25. The van der Waals surface area contributed by atoms with Crippen molar-refractivity contribution in [3.05, 3.63) is 69.8 Å². The molecule has 0 spiro atoms. The number of rotatable bonds is 9. The third-order valence-corrected chi connectivity index (χ3v) is 4.45. The number of hydrogen-bond donors (Lipinski definition) is 2. The Hall–Kier alpha value is -3.42. The zero-order valence-corrected chi connectivity index (χ0v) is 16.7. The Morgan fingerprint density at radius 1 is 1.17 bits per heavy atom. The second kappa shape index (κ2) is 10.2. The number of benzene rings is 2. The maximum Gasteiger partial charge on any atom is 0.341 e. The van der Waals surface area contributed by atoms with Crippen molar-refractivity contribution in [2.45, 2.75) is 38.8 Å². The van der Waals surface area contributed by atoms with E-state index in [0.717, 1.165) is 24.5 Å². The minimum Gasteiger partial charge on any atom is -0.449 e. The van der Waals surface area contributed by atoms with E-state index in [1.54, 1.807) is 7.05 Å². The minimum atomic E-state index is -1.06. The van der Waals surface area contributed by atoms with E-state index in [1.807, 2.05) is 37.3 Å². The molecule has 0 aliphatic carbocycles. The molecule has 2 rings (SSSR count). The molecule has 2 aromatic carbocycles. The van der Waals surface area contributed by atoms with Gasteiger partial charge in [-0.2, -0.15) is 0 Å². The average molecular weight is 399 g/mol. The number of non-ortho nitro benzene ring substituents is 1. The molecular formula is C21H25N3O5. The second-order valence-electron chi connectivity index (χ2n) is 6.55. The lowest BCUT2D eigenvalue weighted by atomic mass is 10.0. The number of anilines is 1. The van der Waals surface area contributed by atoms with Gasteiger partial charge >= 0.3 is 5.97 Å². The van der Waals surface area contributed by atoms with E-state index in [0.29, 0.717) is 5.69 Å². The number of nitrogens with zero attached hydrogens (tertiary/aromatic N) is 1. The van der Waals surface area contributed by atoms with Crippen LogP contribution >= 0.6 is 0 Å². The van der Waals surface area contributed by atoms with Gasteiger partial charge in [-0.05, 0) is 25.0 Å². The molecule has 8 heteroatoms. The molecule has 2 aromatic rings. The first kappa shape index (κ1) is 21.9. The molecular weight excluding hydrogens is 374 g/mol. The highest BCUT2D eigenvalue weighted by Gasteiger charge is 2.24. The van der Waals surface area contributed by atoms with Crippen molar-refractivity contribution in [1.29, 1.82) is 0 Å².